The normalized spacial score (nSPS) is 11.5. The van der Waals surface area contributed by atoms with E-state index in [-0.39, 0.29) is 0 Å². The molecule has 0 aliphatic rings. The Hall–Kier alpha value is -1.26. The number of hydrogen-bond acceptors (Lipinski definition) is 1. The summed E-state index contributed by atoms with van der Waals surface area (Å²) in [6.45, 7) is 2.00. The maximum atomic E-state index is 9.64. The second-order valence-corrected chi connectivity index (χ2v) is 2.84. The van der Waals surface area contributed by atoms with Gasteiger partial charge in [0.15, 0.2) is 0 Å². The Kier molecular flexibility index (Phi) is 4.08. The minimum absolute atomic E-state index is 0.444. The van der Waals surface area contributed by atoms with Crippen molar-refractivity contribution < 1.29 is 5.11 Å². The van der Waals surface area contributed by atoms with Crippen LogP contribution in [0.3, 0.4) is 0 Å². The van der Waals surface area contributed by atoms with Gasteiger partial charge in [-0.3, -0.25) is 0 Å². The summed E-state index contributed by atoms with van der Waals surface area (Å²) in [6, 6.07) is 9.61. The molecule has 1 atom stereocenters. The number of hydrogen-bond donors (Lipinski definition) is 1. The summed E-state index contributed by atoms with van der Waals surface area (Å²) >= 11 is 0. The van der Waals surface area contributed by atoms with E-state index in [9.17, 15) is 5.11 Å². The molecule has 0 aliphatic heterocycles. The SMILES string of the molecule is CCC#CCC(O)c1ccccc1. The minimum atomic E-state index is -0.444. The van der Waals surface area contributed by atoms with Gasteiger partial charge in [-0.25, -0.2) is 0 Å². The highest BCUT2D eigenvalue weighted by atomic mass is 16.3. The first-order valence-electron chi connectivity index (χ1n) is 4.53. The summed E-state index contributed by atoms with van der Waals surface area (Å²) in [6.07, 6.45) is 0.930. The van der Waals surface area contributed by atoms with Gasteiger partial charge in [-0.2, -0.15) is 0 Å². The topological polar surface area (TPSA) is 20.2 Å². The Labute approximate surface area is 79.4 Å². The molecule has 1 aromatic carbocycles. The molecule has 0 radical (unpaired) electrons. The fraction of sp³-hybridized carbons (Fsp3) is 0.333. The average Bonchev–Trinajstić information content (AvgIpc) is 2.19. The van der Waals surface area contributed by atoms with Gasteiger partial charge in [-0.05, 0) is 5.56 Å². The molecule has 0 aromatic heterocycles. The van der Waals surface area contributed by atoms with Gasteiger partial charge in [0.05, 0.1) is 6.10 Å². The maximum Gasteiger partial charge on any atom is 0.0899 e. The lowest BCUT2D eigenvalue weighted by molar-refractivity contribution is 0.184. The number of aliphatic hydroxyl groups is 1. The molecule has 0 amide bonds. The van der Waals surface area contributed by atoms with Crippen molar-refractivity contribution in [2.45, 2.75) is 25.9 Å². The third kappa shape index (κ3) is 3.31. The molecule has 0 aliphatic carbocycles. The molecule has 0 saturated heterocycles. The summed E-state index contributed by atoms with van der Waals surface area (Å²) in [4.78, 5) is 0. The number of aliphatic hydroxyl groups excluding tert-OH is 1. The molecule has 13 heavy (non-hydrogen) atoms. The van der Waals surface area contributed by atoms with Crippen LogP contribution in [0.1, 0.15) is 31.4 Å². The first kappa shape index (κ1) is 9.83. The minimum Gasteiger partial charge on any atom is -0.387 e. The van der Waals surface area contributed by atoms with Gasteiger partial charge in [0.1, 0.15) is 0 Å². The lowest BCUT2D eigenvalue weighted by Gasteiger charge is -2.05. The highest BCUT2D eigenvalue weighted by Gasteiger charge is 2.02. The van der Waals surface area contributed by atoms with Crippen LogP contribution in [0.25, 0.3) is 0 Å². The summed E-state index contributed by atoms with van der Waals surface area (Å²) in [5, 5.41) is 9.64. The fourth-order valence-corrected chi connectivity index (χ4v) is 1.09. The molecule has 0 bridgehead atoms. The summed E-state index contributed by atoms with van der Waals surface area (Å²) in [5.74, 6) is 5.87. The van der Waals surface area contributed by atoms with Crippen molar-refractivity contribution in [1.29, 1.82) is 0 Å². The van der Waals surface area contributed by atoms with E-state index in [1.54, 1.807) is 0 Å². The lowest BCUT2D eigenvalue weighted by Crippen LogP contribution is -1.94. The second kappa shape index (κ2) is 5.40. The van der Waals surface area contributed by atoms with Crippen molar-refractivity contribution in [1.82, 2.24) is 0 Å². The van der Waals surface area contributed by atoms with Gasteiger partial charge in [-0.15, -0.1) is 11.8 Å². The van der Waals surface area contributed by atoms with Crippen LogP contribution in [-0.2, 0) is 0 Å². The van der Waals surface area contributed by atoms with E-state index in [4.69, 9.17) is 0 Å². The third-order valence-corrected chi connectivity index (χ3v) is 1.78. The van der Waals surface area contributed by atoms with E-state index in [2.05, 4.69) is 11.8 Å². The van der Waals surface area contributed by atoms with E-state index >= 15 is 0 Å². The molecule has 0 heterocycles. The van der Waals surface area contributed by atoms with Crippen molar-refractivity contribution >= 4 is 0 Å². The largest absolute Gasteiger partial charge is 0.387 e. The Morgan fingerprint density at radius 3 is 2.54 bits per heavy atom. The molecule has 0 saturated carbocycles. The molecule has 1 heteroatoms. The Bertz CT molecular complexity index is 292. The van der Waals surface area contributed by atoms with E-state index in [0.29, 0.717) is 6.42 Å². The predicted molar refractivity (Wildman–Crippen MR) is 54.1 cm³/mol. The number of rotatable bonds is 2. The van der Waals surface area contributed by atoms with E-state index in [1.165, 1.54) is 0 Å². The molecule has 1 unspecified atom stereocenters. The van der Waals surface area contributed by atoms with Gasteiger partial charge in [0.2, 0.25) is 0 Å². The first-order chi connectivity index (χ1) is 6.34. The predicted octanol–water partition coefficient (Wildman–Crippen LogP) is 2.52. The summed E-state index contributed by atoms with van der Waals surface area (Å²) < 4.78 is 0. The van der Waals surface area contributed by atoms with E-state index in [1.807, 2.05) is 37.3 Å². The van der Waals surface area contributed by atoms with Gasteiger partial charge in [-0.1, -0.05) is 37.3 Å². The van der Waals surface area contributed by atoms with Gasteiger partial charge >= 0.3 is 0 Å². The van der Waals surface area contributed by atoms with Gasteiger partial charge < -0.3 is 5.11 Å². The molecular formula is C12H14O. The molecule has 1 aromatic rings. The Morgan fingerprint density at radius 1 is 1.23 bits per heavy atom. The van der Waals surface area contributed by atoms with Crippen LogP contribution in [0.2, 0.25) is 0 Å². The molecule has 1 nitrogen and oxygen atoms in total. The van der Waals surface area contributed by atoms with Crippen molar-refractivity contribution in [3.8, 4) is 11.8 Å². The van der Waals surface area contributed by atoms with Crippen molar-refractivity contribution in [3.63, 3.8) is 0 Å². The third-order valence-electron chi connectivity index (χ3n) is 1.78. The zero-order valence-corrected chi connectivity index (χ0v) is 7.83. The monoisotopic (exact) mass is 174 g/mol. The van der Waals surface area contributed by atoms with Crippen molar-refractivity contribution in [3.05, 3.63) is 35.9 Å². The van der Waals surface area contributed by atoms with E-state index in [0.717, 1.165) is 12.0 Å². The molecule has 0 fully saturated rings. The van der Waals surface area contributed by atoms with E-state index < -0.39 is 6.10 Å². The average molecular weight is 174 g/mol. The summed E-state index contributed by atoms with van der Waals surface area (Å²) in [7, 11) is 0. The van der Waals surface area contributed by atoms with Gasteiger partial charge in [0, 0.05) is 12.8 Å². The number of benzene rings is 1. The molecule has 68 valence electrons. The smallest absolute Gasteiger partial charge is 0.0899 e. The van der Waals surface area contributed by atoms with Gasteiger partial charge in [0.25, 0.3) is 0 Å². The van der Waals surface area contributed by atoms with Crippen LogP contribution in [-0.4, -0.2) is 5.11 Å². The first-order valence-corrected chi connectivity index (χ1v) is 4.53. The Morgan fingerprint density at radius 2 is 1.92 bits per heavy atom. The Balaban J connectivity index is 2.54. The van der Waals surface area contributed by atoms with Crippen LogP contribution < -0.4 is 0 Å². The van der Waals surface area contributed by atoms with Crippen LogP contribution >= 0.6 is 0 Å². The second-order valence-electron chi connectivity index (χ2n) is 2.84. The zero-order chi connectivity index (χ0) is 9.52. The van der Waals surface area contributed by atoms with Crippen LogP contribution in [0.4, 0.5) is 0 Å². The highest BCUT2D eigenvalue weighted by molar-refractivity contribution is 5.19. The highest BCUT2D eigenvalue weighted by Crippen LogP contribution is 2.14. The van der Waals surface area contributed by atoms with Crippen molar-refractivity contribution in [2.75, 3.05) is 0 Å². The van der Waals surface area contributed by atoms with Crippen molar-refractivity contribution in [2.24, 2.45) is 0 Å². The molecule has 1 N–H and O–H groups in total. The molecule has 1 rings (SSSR count). The quantitative estimate of drug-likeness (QED) is 0.683. The van der Waals surface area contributed by atoms with Crippen LogP contribution in [0.15, 0.2) is 30.3 Å². The standard InChI is InChI=1S/C12H14O/c1-2-3-5-10-12(13)11-8-6-4-7-9-11/h4,6-9,12-13H,2,10H2,1H3. The van der Waals surface area contributed by atoms with Crippen LogP contribution in [0, 0.1) is 11.8 Å². The zero-order valence-electron chi connectivity index (χ0n) is 7.83. The lowest BCUT2D eigenvalue weighted by atomic mass is 10.1. The maximum absolute atomic E-state index is 9.64. The fourth-order valence-electron chi connectivity index (χ4n) is 1.09. The summed E-state index contributed by atoms with van der Waals surface area (Å²) in [5.41, 5.74) is 0.938. The van der Waals surface area contributed by atoms with Crippen LogP contribution in [0.5, 0.6) is 0 Å². The molecular weight excluding hydrogens is 160 g/mol. The molecule has 0 spiro atoms.